The van der Waals surface area contributed by atoms with Crippen molar-refractivity contribution in [3.05, 3.63) is 70.8 Å². The Kier molecular flexibility index (Phi) is 10.3. The molecular weight excluding hydrogens is 446 g/mol. The zero-order valence-corrected chi connectivity index (χ0v) is 20.1. The maximum Gasteiger partial charge on any atom is 0.207 e. The molecule has 0 unspecified atom stereocenters. The van der Waals surface area contributed by atoms with E-state index < -0.39 is 23.8 Å². The molecule has 2 atom stereocenters. The highest BCUT2D eigenvalue weighted by Gasteiger charge is 2.35. The van der Waals surface area contributed by atoms with Crippen molar-refractivity contribution in [2.75, 3.05) is 6.54 Å². The van der Waals surface area contributed by atoms with Gasteiger partial charge < -0.3 is 15.7 Å². The average Bonchev–Trinajstić information content (AvgIpc) is 2.77. The Balaban J connectivity index is 0.00000385. The lowest BCUT2D eigenvalue weighted by molar-refractivity contribution is -0.110. The van der Waals surface area contributed by atoms with Crippen molar-refractivity contribution in [2.45, 2.75) is 76.0 Å². The summed E-state index contributed by atoms with van der Waals surface area (Å²) in [5, 5.41) is 17.1. The van der Waals surface area contributed by atoms with E-state index in [4.69, 9.17) is 0 Å². The van der Waals surface area contributed by atoms with E-state index in [1.807, 2.05) is 0 Å². The van der Waals surface area contributed by atoms with Crippen LogP contribution in [-0.2, 0) is 16.8 Å². The predicted molar refractivity (Wildman–Crippen MR) is 130 cm³/mol. The topological polar surface area (TPSA) is 61.4 Å². The highest BCUT2D eigenvalue weighted by Crippen LogP contribution is 2.38. The molecule has 182 valence electrons. The van der Waals surface area contributed by atoms with Crippen LogP contribution in [0.5, 0.6) is 0 Å². The second-order valence-corrected chi connectivity index (χ2v) is 9.24. The van der Waals surface area contributed by atoms with Gasteiger partial charge in [0.2, 0.25) is 6.41 Å². The first kappa shape index (κ1) is 27.2. The van der Waals surface area contributed by atoms with Gasteiger partial charge in [-0.25, -0.2) is 8.78 Å². The van der Waals surface area contributed by atoms with Crippen LogP contribution in [0.15, 0.2) is 42.5 Å². The van der Waals surface area contributed by atoms with Crippen molar-refractivity contribution in [1.29, 1.82) is 0 Å². The van der Waals surface area contributed by atoms with Crippen LogP contribution in [-0.4, -0.2) is 30.2 Å². The summed E-state index contributed by atoms with van der Waals surface area (Å²) in [6, 6.07) is 11.2. The van der Waals surface area contributed by atoms with Gasteiger partial charge >= 0.3 is 0 Å². The molecule has 33 heavy (non-hydrogen) atoms. The number of amides is 1. The normalized spacial score (nSPS) is 17.2. The number of aliphatic hydroxyl groups excluding tert-OH is 1. The van der Waals surface area contributed by atoms with E-state index >= 15 is 0 Å². The number of carbonyl (C=O) groups excluding carboxylic acids is 1. The van der Waals surface area contributed by atoms with E-state index in [0.29, 0.717) is 17.9 Å². The van der Waals surface area contributed by atoms with E-state index in [1.54, 1.807) is 0 Å². The Bertz CT molecular complexity index is 883. The van der Waals surface area contributed by atoms with Gasteiger partial charge in [-0.1, -0.05) is 57.4 Å². The Hall–Kier alpha value is -2.02. The Morgan fingerprint density at radius 1 is 1.06 bits per heavy atom. The molecule has 3 N–H and O–H groups in total. The van der Waals surface area contributed by atoms with Crippen molar-refractivity contribution >= 4 is 18.8 Å². The quantitative estimate of drug-likeness (QED) is 0.420. The first-order valence-electron chi connectivity index (χ1n) is 11.5. The van der Waals surface area contributed by atoms with Gasteiger partial charge in [0.15, 0.2) is 0 Å². The van der Waals surface area contributed by atoms with E-state index in [9.17, 15) is 18.7 Å². The average molecular weight is 481 g/mol. The van der Waals surface area contributed by atoms with Gasteiger partial charge in [-0.15, -0.1) is 12.4 Å². The second kappa shape index (κ2) is 12.4. The molecule has 1 aliphatic carbocycles. The lowest BCUT2D eigenvalue weighted by Gasteiger charge is -2.40. The number of nitrogens with one attached hydrogen (secondary N) is 2. The Labute approximate surface area is 201 Å². The molecule has 1 fully saturated rings. The largest absolute Gasteiger partial charge is 0.390 e. The van der Waals surface area contributed by atoms with Crippen LogP contribution in [0.25, 0.3) is 0 Å². The van der Waals surface area contributed by atoms with Crippen LogP contribution in [0.1, 0.15) is 68.6 Å². The number of carbonyl (C=O) groups is 1. The minimum absolute atomic E-state index is 0. The minimum atomic E-state index is -0.918. The van der Waals surface area contributed by atoms with Crippen molar-refractivity contribution < 1.29 is 18.7 Å². The third-order valence-corrected chi connectivity index (χ3v) is 6.59. The molecule has 3 rings (SSSR count). The van der Waals surface area contributed by atoms with Crippen LogP contribution in [0.4, 0.5) is 8.78 Å². The zero-order valence-electron chi connectivity index (χ0n) is 19.3. The SMILES string of the molecule is CC(C)c1cccc(C2(NC[C@H](O)[C@H](Cc3cc(F)cc(F)c3)NC=O)CCCCC2)c1.Cl. The molecule has 0 spiro atoms. The molecule has 7 heteroatoms. The van der Waals surface area contributed by atoms with E-state index in [0.717, 1.165) is 31.7 Å². The predicted octanol–water partition coefficient (Wildman–Crippen LogP) is 4.98. The maximum atomic E-state index is 13.6. The van der Waals surface area contributed by atoms with Gasteiger partial charge in [0.1, 0.15) is 11.6 Å². The summed E-state index contributed by atoms with van der Waals surface area (Å²) in [5.41, 5.74) is 2.66. The number of hydrogen-bond acceptors (Lipinski definition) is 3. The van der Waals surface area contributed by atoms with Crippen LogP contribution in [0.3, 0.4) is 0 Å². The van der Waals surface area contributed by atoms with Crippen LogP contribution in [0, 0.1) is 11.6 Å². The number of benzene rings is 2. The Morgan fingerprint density at radius 3 is 2.33 bits per heavy atom. The molecule has 1 amide bonds. The summed E-state index contributed by atoms with van der Waals surface area (Å²) in [6.45, 7) is 4.61. The third kappa shape index (κ3) is 7.23. The highest BCUT2D eigenvalue weighted by atomic mass is 35.5. The highest BCUT2D eigenvalue weighted by molar-refractivity contribution is 5.85. The Morgan fingerprint density at radius 2 is 1.73 bits per heavy atom. The van der Waals surface area contributed by atoms with E-state index in [-0.39, 0.29) is 30.9 Å². The summed E-state index contributed by atoms with van der Waals surface area (Å²) in [5.74, 6) is -0.929. The first-order chi connectivity index (χ1) is 15.3. The van der Waals surface area contributed by atoms with Gasteiger partial charge in [0.25, 0.3) is 0 Å². The summed E-state index contributed by atoms with van der Waals surface area (Å²) >= 11 is 0. The smallest absolute Gasteiger partial charge is 0.207 e. The van der Waals surface area contributed by atoms with Crippen molar-refractivity contribution in [1.82, 2.24) is 10.6 Å². The fourth-order valence-corrected chi connectivity index (χ4v) is 4.74. The first-order valence-corrected chi connectivity index (χ1v) is 11.5. The van der Waals surface area contributed by atoms with Crippen molar-refractivity contribution in [2.24, 2.45) is 0 Å². The second-order valence-electron chi connectivity index (χ2n) is 9.24. The molecule has 0 heterocycles. The van der Waals surface area contributed by atoms with Crippen LogP contribution in [0.2, 0.25) is 0 Å². The van der Waals surface area contributed by atoms with Gasteiger partial charge in [-0.3, -0.25) is 4.79 Å². The molecule has 0 radical (unpaired) electrons. The minimum Gasteiger partial charge on any atom is -0.390 e. The zero-order chi connectivity index (χ0) is 23.1. The lowest BCUT2D eigenvalue weighted by atomic mass is 9.75. The summed E-state index contributed by atoms with van der Waals surface area (Å²) < 4.78 is 27.2. The van der Waals surface area contributed by atoms with Crippen molar-refractivity contribution in [3.63, 3.8) is 0 Å². The molecule has 1 saturated carbocycles. The summed E-state index contributed by atoms with van der Waals surface area (Å²) in [4.78, 5) is 11.1. The van der Waals surface area contributed by atoms with Gasteiger partial charge in [-0.2, -0.15) is 0 Å². The lowest BCUT2D eigenvalue weighted by Crippen LogP contribution is -2.52. The molecule has 2 aromatic carbocycles. The summed E-state index contributed by atoms with van der Waals surface area (Å²) in [7, 11) is 0. The fraction of sp³-hybridized carbons (Fsp3) is 0.500. The standard InChI is InChI=1S/C26H34F2N2O2.ClH/c1-18(2)20-7-6-8-21(14-20)26(9-4-3-5-10-26)30-16-25(32)24(29-17-31)13-19-11-22(27)15-23(28)12-19;/h6-8,11-12,14-15,17-18,24-25,30,32H,3-5,9-10,13,16H2,1-2H3,(H,29,31);1H/t24-,25-;/m0./s1. The number of aliphatic hydroxyl groups is 1. The molecule has 1 aliphatic rings. The molecule has 4 nitrogen and oxygen atoms in total. The molecule has 2 aromatic rings. The van der Waals surface area contributed by atoms with Gasteiger partial charge in [-0.05, 0) is 54.0 Å². The summed E-state index contributed by atoms with van der Waals surface area (Å²) in [6.07, 6.45) is 5.08. The maximum absolute atomic E-state index is 13.6. The van der Waals surface area contributed by atoms with Gasteiger partial charge in [0, 0.05) is 18.2 Å². The van der Waals surface area contributed by atoms with Crippen LogP contribution >= 0.6 is 12.4 Å². The molecule has 0 aliphatic heterocycles. The van der Waals surface area contributed by atoms with Gasteiger partial charge in [0.05, 0.1) is 12.1 Å². The third-order valence-electron chi connectivity index (χ3n) is 6.59. The molecule has 0 bridgehead atoms. The number of halogens is 3. The monoisotopic (exact) mass is 480 g/mol. The number of hydrogen-bond donors (Lipinski definition) is 3. The van der Waals surface area contributed by atoms with E-state index in [2.05, 4.69) is 48.7 Å². The molecule has 0 aromatic heterocycles. The van der Waals surface area contributed by atoms with E-state index in [1.165, 1.54) is 29.7 Å². The molecule has 0 saturated heterocycles. The fourth-order valence-electron chi connectivity index (χ4n) is 4.74. The van der Waals surface area contributed by atoms with Crippen molar-refractivity contribution in [3.8, 4) is 0 Å². The van der Waals surface area contributed by atoms with Crippen LogP contribution < -0.4 is 10.6 Å². The molecular formula is C26H35ClF2N2O2. The number of rotatable bonds is 10.